The molecule has 0 radical (unpaired) electrons. The second kappa shape index (κ2) is 5.93. The van der Waals surface area contributed by atoms with Crippen LogP contribution in [0.5, 0.6) is 5.75 Å². The zero-order valence-corrected chi connectivity index (χ0v) is 12.4. The van der Waals surface area contributed by atoms with Crippen LogP contribution in [0.4, 0.5) is 0 Å². The van der Waals surface area contributed by atoms with Gasteiger partial charge in [0.2, 0.25) is 0 Å². The lowest BCUT2D eigenvalue weighted by molar-refractivity contribution is 0.141. The number of hydrogen-bond donors (Lipinski definition) is 2. The third-order valence-corrected chi connectivity index (χ3v) is 4.40. The molecular formula is C16H26N2O. The SMILES string of the molecule is COc1c(C)cc(CNCC2(CN)CCC2)cc1C. The Kier molecular flexibility index (Phi) is 4.48. The number of aryl methyl sites for hydroxylation is 2. The summed E-state index contributed by atoms with van der Waals surface area (Å²) in [4.78, 5) is 0. The van der Waals surface area contributed by atoms with Crippen LogP contribution in [0.25, 0.3) is 0 Å². The molecule has 1 aliphatic carbocycles. The quantitative estimate of drug-likeness (QED) is 0.828. The fraction of sp³-hybridized carbons (Fsp3) is 0.625. The van der Waals surface area contributed by atoms with Crippen LogP contribution in [0.15, 0.2) is 12.1 Å². The van der Waals surface area contributed by atoms with Crippen LogP contribution in [0.3, 0.4) is 0 Å². The third-order valence-electron chi connectivity index (χ3n) is 4.40. The monoisotopic (exact) mass is 262 g/mol. The molecule has 1 aliphatic rings. The third kappa shape index (κ3) is 3.10. The van der Waals surface area contributed by atoms with E-state index in [0.717, 1.165) is 25.4 Å². The molecular weight excluding hydrogens is 236 g/mol. The molecule has 3 nitrogen and oxygen atoms in total. The van der Waals surface area contributed by atoms with Gasteiger partial charge >= 0.3 is 0 Å². The van der Waals surface area contributed by atoms with Gasteiger partial charge in [0.25, 0.3) is 0 Å². The van der Waals surface area contributed by atoms with Gasteiger partial charge < -0.3 is 15.8 Å². The van der Waals surface area contributed by atoms with E-state index in [-0.39, 0.29) is 0 Å². The Morgan fingerprint density at radius 1 is 1.26 bits per heavy atom. The van der Waals surface area contributed by atoms with Crippen LogP contribution in [-0.4, -0.2) is 20.2 Å². The van der Waals surface area contributed by atoms with Crippen LogP contribution in [0.2, 0.25) is 0 Å². The molecule has 2 rings (SSSR count). The first-order valence-electron chi connectivity index (χ1n) is 7.15. The van der Waals surface area contributed by atoms with Gasteiger partial charge in [-0.2, -0.15) is 0 Å². The lowest BCUT2D eigenvalue weighted by atomic mass is 9.69. The van der Waals surface area contributed by atoms with Crippen LogP contribution in [0.1, 0.15) is 36.0 Å². The van der Waals surface area contributed by atoms with Crippen molar-refractivity contribution in [2.75, 3.05) is 20.2 Å². The maximum Gasteiger partial charge on any atom is 0.124 e. The molecule has 1 aromatic carbocycles. The molecule has 3 N–H and O–H groups in total. The molecule has 1 aromatic rings. The molecule has 0 heterocycles. The van der Waals surface area contributed by atoms with Gasteiger partial charge in [-0.15, -0.1) is 0 Å². The van der Waals surface area contributed by atoms with E-state index in [4.69, 9.17) is 10.5 Å². The van der Waals surface area contributed by atoms with Gasteiger partial charge in [0.1, 0.15) is 5.75 Å². The molecule has 1 fully saturated rings. The topological polar surface area (TPSA) is 47.3 Å². The number of nitrogens with two attached hydrogens (primary N) is 1. The molecule has 19 heavy (non-hydrogen) atoms. The number of benzene rings is 1. The van der Waals surface area contributed by atoms with Crippen molar-refractivity contribution in [3.63, 3.8) is 0 Å². The Bertz CT molecular complexity index is 410. The summed E-state index contributed by atoms with van der Waals surface area (Å²) in [6, 6.07) is 4.41. The number of rotatable bonds is 6. The van der Waals surface area contributed by atoms with E-state index in [1.165, 1.54) is 36.0 Å². The first-order chi connectivity index (χ1) is 9.10. The van der Waals surface area contributed by atoms with E-state index in [1.807, 2.05) is 0 Å². The summed E-state index contributed by atoms with van der Waals surface area (Å²) in [5, 5.41) is 3.57. The molecule has 0 atom stereocenters. The Morgan fingerprint density at radius 3 is 2.32 bits per heavy atom. The van der Waals surface area contributed by atoms with E-state index in [9.17, 15) is 0 Å². The lowest BCUT2D eigenvalue weighted by Crippen LogP contribution is -2.45. The zero-order valence-electron chi connectivity index (χ0n) is 12.4. The molecule has 0 aromatic heterocycles. The fourth-order valence-corrected chi connectivity index (χ4v) is 3.07. The standard InChI is InChI=1S/C16H26N2O/c1-12-7-14(8-13(2)15(12)19-3)9-18-11-16(10-17)5-4-6-16/h7-8,18H,4-6,9-11,17H2,1-3H3. The molecule has 106 valence electrons. The lowest BCUT2D eigenvalue weighted by Gasteiger charge is -2.41. The van der Waals surface area contributed by atoms with Crippen LogP contribution in [-0.2, 0) is 6.54 Å². The molecule has 0 unspecified atom stereocenters. The van der Waals surface area contributed by atoms with Gasteiger partial charge in [0, 0.05) is 13.1 Å². The van der Waals surface area contributed by atoms with Gasteiger partial charge in [-0.3, -0.25) is 0 Å². The summed E-state index contributed by atoms with van der Waals surface area (Å²) in [5.41, 5.74) is 9.98. The van der Waals surface area contributed by atoms with Crippen molar-refractivity contribution >= 4 is 0 Å². The molecule has 3 heteroatoms. The summed E-state index contributed by atoms with van der Waals surface area (Å²) in [5.74, 6) is 1.00. The molecule has 1 saturated carbocycles. The van der Waals surface area contributed by atoms with Gasteiger partial charge in [-0.05, 0) is 55.3 Å². The van der Waals surface area contributed by atoms with E-state index in [0.29, 0.717) is 5.41 Å². The Balaban J connectivity index is 1.93. The van der Waals surface area contributed by atoms with Gasteiger partial charge in [-0.1, -0.05) is 18.6 Å². The van der Waals surface area contributed by atoms with E-state index in [2.05, 4.69) is 31.3 Å². The molecule has 0 saturated heterocycles. The summed E-state index contributed by atoms with van der Waals surface area (Å²) in [7, 11) is 1.73. The highest BCUT2D eigenvalue weighted by Crippen LogP contribution is 2.39. The first-order valence-corrected chi connectivity index (χ1v) is 7.15. The Hall–Kier alpha value is -1.06. The minimum Gasteiger partial charge on any atom is -0.496 e. The fourth-order valence-electron chi connectivity index (χ4n) is 3.07. The summed E-state index contributed by atoms with van der Waals surface area (Å²) >= 11 is 0. The number of hydrogen-bond acceptors (Lipinski definition) is 3. The van der Waals surface area contributed by atoms with Crippen molar-refractivity contribution in [1.29, 1.82) is 0 Å². The van der Waals surface area contributed by atoms with Crippen LogP contribution < -0.4 is 15.8 Å². The molecule has 0 aliphatic heterocycles. The predicted molar refractivity (Wildman–Crippen MR) is 79.5 cm³/mol. The van der Waals surface area contributed by atoms with Gasteiger partial charge in [0.05, 0.1) is 7.11 Å². The predicted octanol–water partition coefficient (Wildman–Crippen LogP) is 2.53. The van der Waals surface area contributed by atoms with Crippen molar-refractivity contribution in [1.82, 2.24) is 5.32 Å². The molecule has 0 spiro atoms. The summed E-state index contributed by atoms with van der Waals surface area (Å²) < 4.78 is 5.40. The normalized spacial score (nSPS) is 17.1. The van der Waals surface area contributed by atoms with E-state index < -0.39 is 0 Å². The van der Waals surface area contributed by atoms with Crippen molar-refractivity contribution in [3.05, 3.63) is 28.8 Å². The van der Waals surface area contributed by atoms with Crippen molar-refractivity contribution in [3.8, 4) is 5.75 Å². The van der Waals surface area contributed by atoms with Crippen LogP contribution >= 0.6 is 0 Å². The summed E-state index contributed by atoms with van der Waals surface area (Å²) in [6.45, 7) is 6.95. The van der Waals surface area contributed by atoms with Crippen molar-refractivity contribution in [2.24, 2.45) is 11.1 Å². The number of nitrogens with one attached hydrogen (secondary N) is 1. The van der Waals surface area contributed by atoms with Gasteiger partial charge in [0.15, 0.2) is 0 Å². The van der Waals surface area contributed by atoms with E-state index >= 15 is 0 Å². The Labute approximate surface area is 116 Å². The molecule has 0 amide bonds. The number of ether oxygens (including phenoxy) is 1. The Morgan fingerprint density at radius 2 is 1.89 bits per heavy atom. The highest BCUT2D eigenvalue weighted by molar-refractivity contribution is 5.43. The van der Waals surface area contributed by atoms with Crippen molar-refractivity contribution in [2.45, 2.75) is 39.7 Å². The van der Waals surface area contributed by atoms with Gasteiger partial charge in [-0.25, -0.2) is 0 Å². The first kappa shape index (κ1) is 14.4. The largest absolute Gasteiger partial charge is 0.496 e. The van der Waals surface area contributed by atoms with Crippen molar-refractivity contribution < 1.29 is 4.74 Å². The average molecular weight is 262 g/mol. The maximum atomic E-state index is 5.88. The summed E-state index contributed by atoms with van der Waals surface area (Å²) in [6.07, 6.45) is 3.88. The average Bonchev–Trinajstić information content (AvgIpc) is 2.32. The minimum absolute atomic E-state index is 0.372. The maximum absolute atomic E-state index is 5.88. The minimum atomic E-state index is 0.372. The number of methoxy groups -OCH3 is 1. The smallest absolute Gasteiger partial charge is 0.124 e. The van der Waals surface area contributed by atoms with E-state index in [1.54, 1.807) is 7.11 Å². The second-order valence-electron chi connectivity index (χ2n) is 5.92. The van der Waals surface area contributed by atoms with Crippen LogP contribution in [0, 0.1) is 19.3 Å². The second-order valence-corrected chi connectivity index (χ2v) is 5.92. The highest BCUT2D eigenvalue weighted by Gasteiger charge is 2.34. The highest BCUT2D eigenvalue weighted by atomic mass is 16.5. The molecule has 0 bridgehead atoms. The zero-order chi connectivity index (χ0) is 13.9.